The minimum Gasteiger partial charge on any atom is -0.480 e. The lowest BCUT2D eigenvalue weighted by molar-refractivity contribution is -0.140. The van der Waals surface area contributed by atoms with E-state index in [2.05, 4.69) is 10.6 Å². The summed E-state index contributed by atoms with van der Waals surface area (Å²) in [6.07, 6.45) is -2.12. The summed E-state index contributed by atoms with van der Waals surface area (Å²) < 4.78 is 5.65. The zero-order valence-electron chi connectivity index (χ0n) is 16.1. The number of hydrogen-bond acceptors (Lipinski definition) is 7. The summed E-state index contributed by atoms with van der Waals surface area (Å²) in [4.78, 5) is 47.8. The Morgan fingerprint density at radius 2 is 1.96 bits per heavy atom. The molecule has 0 aromatic carbocycles. The number of carbonyl (C=O) groups excluding carboxylic acids is 3. The summed E-state index contributed by atoms with van der Waals surface area (Å²) in [5, 5.41) is 24.2. The number of aliphatic hydroxyl groups excluding tert-OH is 1. The highest BCUT2D eigenvalue weighted by Crippen LogP contribution is 2.38. The third-order valence-corrected chi connectivity index (χ3v) is 5.59. The Labute approximate surface area is 162 Å². The fraction of sp³-hybridized carbons (Fsp3) is 0.765. The van der Waals surface area contributed by atoms with Gasteiger partial charge in [0.2, 0.25) is 16.9 Å². The predicted octanol–water partition coefficient (Wildman–Crippen LogP) is -0.238. The number of carboxylic acids is 1. The molecule has 0 spiro atoms. The number of thioether (sulfide) groups is 1. The van der Waals surface area contributed by atoms with E-state index >= 15 is 0 Å². The Morgan fingerprint density at radius 3 is 2.41 bits per heavy atom. The van der Waals surface area contributed by atoms with Crippen LogP contribution >= 0.6 is 11.8 Å². The topological polar surface area (TPSA) is 142 Å². The van der Waals surface area contributed by atoms with Gasteiger partial charge in [-0.1, -0.05) is 32.5 Å². The molecule has 1 rings (SSSR count). The quantitative estimate of drug-likeness (QED) is 0.413. The second kappa shape index (κ2) is 9.52. The zero-order valence-corrected chi connectivity index (χ0v) is 17.0. The van der Waals surface area contributed by atoms with E-state index in [1.807, 2.05) is 0 Å². The summed E-state index contributed by atoms with van der Waals surface area (Å²) in [6, 6.07) is -1.27. The molecule has 1 aliphatic rings. The first-order valence-electron chi connectivity index (χ1n) is 8.77. The molecular weight excluding hydrogens is 376 g/mol. The summed E-state index contributed by atoms with van der Waals surface area (Å²) in [5.41, 5.74) is -1.69. The zero-order chi connectivity index (χ0) is 20.9. The van der Waals surface area contributed by atoms with Crippen LogP contribution < -0.4 is 10.6 Å². The molecule has 2 amide bonds. The second-order valence-corrected chi connectivity index (χ2v) is 7.89. The number of ether oxygens (including phenoxy) is 1. The monoisotopic (exact) mass is 404 g/mol. The van der Waals surface area contributed by atoms with Crippen LogP contribution in [0.25, 0.3) is 0 Å². The molecule has 10 heteroatoms. The van der Waals surface area contributed by atoms with Gasteiger partial charge in [-0.05, 0) is 12.8 Å². The smallest absolute Gasteiger partial charge is 0.327 e. The number of carboxylic acid groups (broad SMARTS) is 1. The molecule has 0 unspecified atom stereocenters. The van der Waals surface area contributed by atoms with Crippen LogP contribution in [0.1, 0.15) is 34.6 Å². The van der Waals surface area contributed by atoms with Crippen molar-refractivity contribution in [2.24, 2.45) is 11.8 Å². The first-order valence-corrected chi connectivity index (χ1v) is 9.76. The number of nitrogens with one attached hydrogen (secondary N) is 2. The maximum absolute atomic E-state index is 13.1. The number of hydrogen-bond donors (Lipinski definition) is 4. The third kappa shape index (κ3) is 4.99. The molecule has 0 aromatic rings. The lowest BCUT2D eigenvalue weighted by Crippen LogP contribution is -2.65. The summed E-state index contributed by atoms with van der Waals surface area (Å²) in [5.74, 6) is -3.51. The molecule has 0 aliphatic carbocycles. The second-order valence-electron chi connectivity index (χ2n) is 6.90. The molecule has 0 saturated carbocycles. The first kappa shape index (κ1) is 23.4. The van der Waals surface area contributed by atoms with Gasteiger partial charge in [-0.3, -0.25) is 14.4 Å². The summed E-state index contributed by atoms with van der Waals surface area (Å²) >= 11 is 0.641. The molecule has 9 nitrogen and oxygen atoms in total. The summed E-state index contributed by atoms with van der Waals surface area (Å²) in [7, 11) is 0. The maximum Gasteiger partial charge on any atom is 0.327 e. The lowest BCUT2D eigenvalue weighted by Gasteiger charge is -2.39. The molecule has 0 radical (unpaired) electrons. The Kier molecular flexibility index (Phi) is 8.24. The van der Waals surface area contributed by atoms with E-state index in [0.717, 1.165) is 0 Å². The van der Waals surface area contributed by atoms with Gasteiger partial charge in [0, 0.05) is 19.3 Å². The fourth-order valence-corrected chi connectivity index (χ4v) is 4.20. The molecule has 1 heterocycles. The van der Waals surface area contributed by atoms with Crippen molar-refractivity contribution in [3.8, 4) is 0 Å². The Hall–Kier alpha value is -1.65. The Bertz CT molecular complexity index is 598. The summed E-state index contributed by atoms with van der Waals surface area (Å²) in [6.45, 7) is 8.16. The van der Waals surface area contributed by atoms with E-state index in [1.165, 1.54) is 6.92 Å². The molecule has 1 aliphatic heterocycles. The SMILES string of the molecule is CCO[C@H]1[C@@H](C)C(=O)N[C@]1(C(=O)SC[C@H](NC(C)=O)C(=O)O)[C@@H](O)C(C)C. The third-order valence-electron chi connectivity index (χ3n) is 4.49. The molecule has 1 saturated heterocycles. The van der Waals surface area contributed by atoms with Gasteiger partial charge in [0.05, 0.1) is 12.0 Å². The van der Waals surface area contributed by atoms with Crippen molar-refractivity contribution in [2.75, 3.05) is 12.4 Å². The molecule has 5 atom stereocenters. The molecule has 0 bridgehead atoms. The molecule has 1 fully saturated rings. The fourth-order valence-electron chi connectivity index (χ4n) is 3.13. The van der Waals surface area contributed by atoms with Gasteiger partial charge >= 0.3 is 5.97 Å². The largest absolute Gasteiger partial charge is 0.480 e. The highest BCUT2D eigenvalue weighted by Gasteiger charge is 2.61. The van der Waals surface area contributed by atoms with Gasteiger partial charge < -0.3 is 25.6 Å². The van der Waals surface area contributed by atoms with Crippen LogP contribution in [0, 0.1) is 11.8 Å². The van der Waals surface area contributed by atoms with E-state index in [1.54, 1.807) is 27.7 Å². The van der Waals surface area contributed by atoms with Crippen molar-refractivity contribution in [3.63, 3.8) is 0 Å². The van der Waals surface area contributed by atoms with Crippen LogP contribution in [0.3, 0.4) is 0 Å². The number of carbonyl (C=O) groups is 4. The van der Waals surface area contributed by atoms with Crippen LogP contribution in [-0.2, 0) is 23.9 Å². The van der Waals surface area contributed by atoms with Crippen molar-refractivity contribution in [3.05, 3.63) is 0 Å². The van der Waals surface area contributed by atoms with E-state index in [9.17, 15) is 29.4 Å². The minimum absolute atomic E-state index is 0.234. The van der Waals surface area contributed by atoms with E-state index in [4.69, 9.17) is 4.74 Å². The predicted molar refractivity (Wildman–Crippen MR) is 99.0 cm³/mol. The molecule has 4 N–H and O–H groups in total. The molecular formula is C17H28N2O7S. The normalized spacial score (nSPS) is 27.1. The van der Waals surface area contributed by atoms with Crippen LogP contribution in [-0.4, -0.2) is 69.3 Å². The van der Waals surface area contributed by atoms with Gasteiger partial charge in [-0.2, -0.15) is 0 Å². The van der Waals surface area contributed by atoms with Gasteiger partial charge in [-0.15, -0.1) is 0 Å². The van der Waals surface area contributed by atoms with Crippen LogP contribution in [0.2, 0.25) is 0 Å². The highest BCUT2D eigenvalue weighted by atomic mass is 32.2. The number of rotatable bonds is 9. The highest BCUT2D eigenvalue weighted by molar-refractivity contribution is 8.13. The van der Waals surface area contributed by atoms with Gasteiger partial charge in [0.1, 0.15) is 12.1 Å². The van der Waals surface area contributed by atoms with Crippen molar-refractivity contribution < 1.29 is 34.1 Å². The van der Waals surface area contributed by atoms with Crippen LogP contribution in [0.15, 0.2) is 0 Å². The standard InChI is InChI=1S/C17H28N2O7S/c1-6-26-13-9(4)14(22)19-17(13,12(21)8(2)3)16(25)27-7-11(15(23)24)18-10(5)20/h8-9,11-13,21H,6-7H2,1-5H3,(H,18,20)(H,19,22)(H,23,24)/t9-,11+,12+,13+,17-/m1/s1. The average Bonchev–Trinajstić information content (AvgIpc) is 2.83. The molecule has 154 valence electrons. The molecule has 27 heavy (non-hydrogen) atoms. The molecule has 0 aromatic heterocycles. The lowest BCUT2D eigenvalue weighted by atomic mass is 9.80. The number of aliphatic carboxylic acids is 1. The van der Waals surface area contributed by atoms with Gasteiger partial charge in [0.15, 0.2) is 5.54 Å². The number of amides is 2. The Balaban J connectivity index is 3.16. The first-order chi connectivity index (χ1) is 12.5. The van der Waals surface area contributed by atoms with Gasteiger partial charge in [-0.25, -0.2) is 4.79 Å². The van der Waals surface area contributed by atoms with E-state index < -0.39 is 52.6 Å². The van der Waals surface area contributed by atoms with Crippen LogP contribution in [0.5, 0.6) is 0 Å². The maximum atomic E-state index is 13.1. The van der Waals surface area contributed by atoms with Crippen molar-refractivity contribution >= 4 is 34.7 Å². The number of aliphatic hydroxyl groups is 1. The minimum atomic E-state index is -1.69. The van der Waals surface area contributed by atoms with E-state index in [0.29, 0.717) is 11.8 Å². The van der Waals surface area contributed by atoms with Crippen molar-refractivity contribution in [2.45, 2.75) is 58.4 Å². The van der Waals surface area contributed by atoms with Gasteiger partial charge in [0.25, 0.3) is 0 Å². The van der Waals surface area contributed by atoms with Crippen molar-refractivity contribution in [1.82, 2.24) is 10.6 Å². The Morgan fingerprint density at radius 1 is 1.37 bits per heavy atom. The van der Waals surface area contributed by atoms with Crippen molar-refractivity contribution in [1.29, 1.82) is 0 Å². The average molecular weight is 404 g/mol. The van der Waals surface area contributed by atoms with E-state index in [-0.39, 0.29) is 18.3 Å². The van der Waals surface area contributed by atoms with Crippen LogP contribution in [0.4, 0.5) is 0 Å².